The molecular weight excluding hydrogens is 254 g/mol. The smallest absolute Gasteiger partial charge is 0.251 e. The number of hydrogen-bond acceptors (Lipinski definition) is 3. The number of carbonyl (C=O) groups excluding carboxylic acids is 1. The summed E-state index contributed by atoms with van der Waals surface area (Å²) in [5, 5.41) is 7.15. The van der Waals surface area contributed by atoms with Crippen molar-refractivity contribution in [3.05, 3.63) is 47.3 Å². The predicted octanol–water partition coefficient (Wildman–Crippen LogP) is 2.15. The van der Waals surface area contributed by atoms with E-state index in [-0.39, 0.29) is 5.91 Å². The number of nitrogens with zero attached hydrogens (tertiary/aromatic N) is 2. The van der Waals surface area contributed by atoms with Crippen LogP contribution >= 0.6 is 0 Å². The molecule has 1 aromatic heterocycles. The molecule has 0 saturated carbocycles. The van der Waals surface area contributed by atoms with Gasteiger partial charge in [0.25, 0.3) is 5.91 Å². The molecule has 0 radical (unpaired) electrons. The first-order chi connectivity index (χ1) is 9.65. The van der Waals surface area contributed by atoms with Crippen LogP contribution in [0.5, 0.6) is 5.75 Å². The molecule has 20 heavy (non-hydrogen) atoms. The summed E-state index contributed by atoms with van der Waals surface area (Å²) in [6.07, 6.45) is 1.80. The number of aryl methyl sites for hydroxylation is 1. The molecule has 1 aromatic carbocycles. The van der Waals surface area contributed by atoms with E-state index >= 15 is 0 Å². The zero-order chi connectivity index (χ0) is 14.5. The van der Waals surface area contributed by atoms with Gasteiger partial charge in [-0.2, -0.15) is 5.10 Å². The van der Waals surface area contributed by atoms with E-state index in [9.17, 15) is 4.79 Å². The van der Waals surface area contributed by atoms with Gasteiger partial charge in [0.15, 0.2) is 0 Å². The first kappa shape index (κ1) is 14.1. The van der Waals surface area contributed by atoms with Crippen LogP contribution in [0.15, 0.2) is 30.5 Å². The molecule has 0 bridgehead atoms. The quantitative estimate of drug-likeness (QED) is 0.908. The zero-order valence-corrected chi connectivity index (χ0v) is 12.0. The third-order valence-corrected chi connectivity index (χ3v) is 3.30. The molecule has 0 aliphatic carbocycles. The minimum absolute atomic E-state index is 0.101. The highest BCUT2D eigenvalue weighted by Gasteiger charge is 2.08. The van der Waals surface area contributed by atoms with Crippen LogP contribution in [-0.2, 0) is 13.1 Å². The van der Waals surface area contributed by atoms with Gasteiger partial charge in [-0.05, 0) is 38.1 Å². The van der Waals surface area contributed by atoms with Crippen LogP contribution in [0.25, 0.3) is 0 Å². The third-order valence-electron chi connectivity index (χ3n) is 3.30. The number of aromatic nitrogens is 2. The summed E-state index contributed by atoms with van der Waals surface area (Å²) in [5.74, 6) is 0.637. The van der Waals surface area contributed by atoms with Crippen molar-refractivity contribution in [2.45, 2.75) is 26.9 Å². The van der Waals surface area contributed by atoms with Crippen LogP contribution < -0.4 is 10.1 Å². The van der Waals surface area contributed by atoms with Gasteiger partial charge in [-0.15, -0.1) is 0 Å². The second-order valence-corrected chi connectivity index (χ2v) is 4.48. The Labute approximate surface area is 118 Å². The highest BCUT2D eigenvalue weighted by Crippen LogP contribution is 2.12. The number of benzene rings is 1. The lowest BCUT2D eigenvalue weighted by Gasteiger charge is -2.06. The van der Waals surface area contributed by atoms with Gasteiger partial charge < -0.3 is 10.1 Å². The third kappa shape index (κ3) is 2.99. The maximum absolute atomic E-state index is 12.0. The Morgan fingerprint density at radius 3 is 2.60 bits per heavy atom. The molecule has 1 heterocycles. The SMILES string of the molecule is CCn1ncc(CNC(=O)c2ccc(OC)cc2)c1C. The minimum Gasteiger partial charge on any atom is -0.497 e. The second-order valence-electron chi connectivity index (χ2n) is 4.48. The van der Waals surface area contributed by atoms with E-state index in [0.29, 0.717) is 12.1 Å². The van der Waals surface area contributed by atoms with Crippen molar-refractivity contribution in [2.24, 2.45) is 0 Å². The lowest BCUT2D eigenvalue weighted by atomic mass is 10.2. The average molecular weight is 273 g/mol. The van der Waals surface area contributed by atoms with E-state index in [4.69, 9.17) is 4.74 Å². The number of hydrogen-bond donors (Lipinski definition) is 1. The minimum atomic E-state index is -0.101. The topological polar surface area (TPSA) is 56.2 Å². The molecule has 0 atom stereocenters. The van der Waals surface area contributed by atoms with Crippen LogP contribution in [0, 0.1) is 6.92 Å². The van der Waals surface area contributed by atoms with Crippen LogP contribution in [0.2, 0.25) is 0 Å². The zero-order valence-electron chi connectivity index (χ0n) is 12.0. The predicted molar refractivity (Wildman–Crippen MR) is 76.8 cm³/mol. The molecule has 0 unspecified atom stereocenters. The van der Waals surface area contributed by atoms with Crippen molar-refractivity contribution in [3.63, 3.8) is 0 Å². The second kappa shape index (κ2) is 6.23. The Kier molecular flexibility index (Phi) is 4.40. The molecule has 0 aliphatic rings. The van der Waals surface area contributed by atoms with Gasteiger partial charge in [0.1, 0.15) is 5.75 Å². The maximum atomic E-state index is 12.0. The van der Waals surface area contributed by atoms with Crippen molar-refractivity contribution < 1.29 is 9.53 Å². The van der Waals surface area contributed by atoms with Crippen molar-refractivity contribution in [1.82, 2.24) is 15.1 Å². The molecule has 0 saturated heterocycles. The van der Waals surface area contributed by atoms with Crippen molar-refractivity contribution in [3.8, 4) is 5.75 Å². The van der Waals surface area contributed by atoms with Gasteiger partial charge in [-0.3, -0.25) is 9.48 Å². The highest BCUT2D eigenvalue weighted by molar-refractivity contribution is 5.94. The fraction of sp³-hybridized carbons (Fsp3) is 0.333. The summed E-state index contributed by atoms with van der Waals surface area (Å²) < 4.78 is 6.98. The van der Waals surface area contributed by atoms with Crippen LogP contribution in [-0.4, -0.2) is 22.8 Å². The molecular formula is C15H19N3O2. The molecule has 1 amide bonds. The Morgan fingerprint density at radius 2 is 2.05 bits per heavy atom. The fourth-order valence-corrected chi connectivity index (χ4v) is 2.00. The van der Waals surface area contributed by atoms with Crippen molar-refractivity contribution in [2.75, 3.05) is 7.11 Å². The monoisotopic (exact) mass is 273 g/mol. The van der Waals surface area contributed by atoms with Gasteiger partial charge in [0.05, 0.1) is 13.3 Å². The molecule has 0 aliphatic heterocycles. The van der Waals surface area contributed by atoms with E-state index in [1.165, 1.54) is 0 Å². The molecule has 2 rings (SSSR count). The lowest BCUT2D eigenvalue weighted by molar-refractivity contribution is 0.0951. The van der Waals surface area contributed by atoms with Crippen molar-refractivity contribution in [1.29, 1.82) is 0 Å². The first-order valence-electron chi connectivity index (χ1n) is 6.59. The first-order valence-corrected chi connectivity index (χ1v) is 6.59. The van der Waals surface area contributed by atoms with Gasteiger partial charge in [-0.1, -0.05) is 0 Å². The Bertz CT molecular complexity index is 588. The summed E-state index contributed by atoms with van der Waals surface area (Å²) >= 11 is 0. The lowest BCUT2D eigenvalue weighted by Crippen LogP contribution is -2.23. The number of amides is 1. The summed E-state index contributed by atoms with van der Waals surface area (Å²) in [5.41, 5.74) is 2.74. The number of ether oxygens (including phenoxy) is 1. The van der Waals surface area contributed by atoms with Crippen LogP contribution in [0.1, 0.15) is 28.5 Å². The number of methoxy groups -OCH3 is 1. The van der Waals surface area contributed by atoms with E-state index in [1.807, 2.05) is 18.5 Å². The number of rotatable bonds is 5. The van der Waals surface area contributed by atoms with E-state index in [0.717, 1.165) is 23.6 Å². The fourth-order valence-electron chi connectivity index (χ4n) is 2.00. The molecule has 1 N–H and O–H groups in total. The Hall–Kier alpha value is -2.30. The summed E-state index contributed by atoms with van der Waals surface area (Å²) in [6.45, 7) is 5.36. The molecule has 5 nitrogen and oxygen atoms in total. The van der Waals surface area contributed by atoms with Gasteiger partial charge in [-0.25, -0.2) is 0 Å². The largest absolute Gasteiger partial charge is 0.497 e. The molecule has 106 valence electrons. The van der Waals surface area contributed by atoms with E-state index in [1.54, 1.807) is 37.6 Å². The summed E-state index contributed by atoms with van der Waals surface area (Å²) in [6, 6.07) is 7.04. The summed E-state index contributed by atoms with van der Waals surface area (Å²) in [4.78, 5) is 12.0. The van der Waals surface area contributed by atoms with Crippen LogP contribution in [0.3, 0.4) is 0 Å². The Balaban J connectivity index is 1.98. The number of nitrogens with one attached hydrogen (secondary N) is 1. The van der Waals surface area contributed by atoms with E-state index < -0.39 is 0 Å². The average Bonchev–Trinajstić information content (AvgIpc) is 2.85. The molecule has 0 fully saturated rings. The summed E-state index contributed by atoms with van der Waals surface area (Å²) in [7, 11) is 1.60. The van der Waals surface area contributed by atoms with E-state index in [2.05, 4.69) is 10.4 Å². The standard InChI is InChI=1S/C15H19N3O2/c1-4-18-11(2)13(10-17-18)9-16-15(19)12-5-7-14(20-3)8-6-12/h5-8,10H,4,9H2,1-3H3,(H,16,19). The van der Waals surface area contributed by atoms with Gasteiger partial charge in [0, 0.05) is 29.9 Å². The molecule has 5 heteroatoms. The molecule has 0 spiro atoms. The number of carbonyl (C=O) groups is 1. The van der Waals surface area contributed by atoms with Crippen molar-refractivity contribution >= 4 is 5.91 Å². The van der Waals surface area contributed by atoms with Gasteiger partial charge in [0.2, 0.25) is 0 Å². The molecule has 2 aromatic rings. The normalized spacial score (nSPS) is 10.3. The maximum Gasteiger partial charge on any atom is 0.251 e. The Morgan fingerprint density at radius 1 is 1.35 bits per heavy atom. The highest BCUT2D eigenvalue weighted by atomic mass is 16.5. The van der Waals surface area contributed by atoms with Gasteiger partial charge >= 0.3 is 0 Å². The van der Waals surface area contributed by atoms with Crippen LogP contribution in [0.4, 0.5) is 0 Å².